The first-order valence-electron chi connectivity index (χ1n) is 4.79. The molecular weight excluding hydrogens is 226 g/mol. The van der Waals surface area contributed by atoms with E-state index in [-0.39, 0.29) is 17.2 Å². The van der Waals surface area contributed by atoms with E-state index >= 15 is 0 Å². The van der Waals surface area contributed by atoms with Crippen LogP contribution in [0.25, 0.3) is 0 Å². The van der Waals surface area contributed by atoms with Crippen LogP contribution >= 0.6 is 0 Å². The molecule has 7 nitrogen and oxygen atoms in total. The molecule has 7 heteroatoms. The predicted octanol–water partition coefficient (Wildman–Crippen LogP) is 1.68. The Hall–Kier alpha value is -2.44. The molecule has 0 fully saturated rings. The average Bonchev–Trinajstić information content (AvgIpc) is 2.28. The van der Waals surface area contributed by atoms with Crippen LogP contribution in [0.1, 0.15) is 16.9 Å². The fourth-order valence-corrected chi connectivity index (χ4v) is 1.14. The second-order valence-corrected chi connectivity index (χ2v) is 3.13. The number of rotatable bonds is 6. The summed E-state index contributed by atoms with van der Waals surface area (Å²) in [4.78, 5) is 24.4. The molecule has 0 atom stereocenters. The molecule has 17 heavy (non-hydrogen) atoms. The maximum absolute atomic E-state index is 10.7. The quantitative estimate of drug-likeness (QED) is 0.337. The first-order chi connectivity index (χ1) is 8.06. The van der Waals surface area contributed by atoms with Crippen molar-refractivity contribution in [2.24, 2.45) is 0 Å². The van der Waals surface area contributed by atoms with Gasteiger partial charge in [-0.2, -0.15) is 0 Å². The van der Waals surface area contributed by atoms with Crippen molar-refractivity contribution >= 4 is 17.5 Å². The van der Waals surface area contributed by atoms with E-state index in [1.54, 1.807) is 6.08 Å². The van der Waals surface area contributed by atoms with Crippen LogP contribution < -0.4 is 5.32 Å². The van der Waals surface area contributed by atoms with Crippen molar-refractivity contribution in [3.8, 4) is 0 Å². The lowest BCUT2D eigenvalue weighted by molar-refractivity contribution is -0.384. The van der Waals surface area contributed by atoms with Gasteiger partial charge in [-0.15, -0.1) is 6.58 Å². The molecule has 90 valence electrons. The second-order valence-electron chi connectivity index (χ2n) is 3.13. The highest BCUT2D eigenvalue weighted by molar-refractivity contribution is 5.86. The van der Waals surface area contributed by atoms with Crippen LogP contribution in [0.2, 0.25) is 0 Å². The average molecular weight is 237 g/mol. The molecular formula is C10H11N3O4. The number of hydrogen-bond donors (Lipinski definition) is 2. The van der Waals surface area contributed by atoms with Gasteiger partial charge in [0.2, 0.25) is 5.82 Å². The zero-order chi connectivity index (χ0) is 12.8. The summed E-state index contributed by atoms with van der Waals surface area (Å²) < 4.78 is 0. The monoisotopic (exact) mass is 237 g/mol. The largest absolute Gasteiger partial charge is 0.477 e. The summed E-state index contributed by atoms with van der Waals surface area (Å²) in [5.41, 5.74) is -0.490. The molecule has 1 heterocycles. The number of pyridine rings is 1. The van der Waals surface area contributed by atoms with Crippen molar-refractivity contribution in [2.75, 3.05) is 11.9 Å². The fourth-order valence-electron chi connectivity index (χ4n) is 1.14. The van der Waals surface area contributed by atoms with Crippen molar-refractivity contribution in [3.05, 3.63) is 40.6 Å². The highest BCUT2D eigenvalue weighted by atomic mass is 16.6. The fraction of sp³-hybridized carbons (Fsp3) is 0.200. The molecule has 0 radical (unpaired) electrons. The normalized spacial score (nSPS) is 9.65. The maximum atomic E-state index is 10.7. The minimum atomic E-state index is -1.23. The number of carboxylic acids is 1. The highest BCUT2D eigenvalue weighted by Gasteiger charge is 2.17. The van der Waals surface area contributed by atoms with E-state index in [0.29, 0.717) is 13.0 Å². The number of hydrogen-bond acceptors (Lipinski definition) is 5. The Labute approximate surface area is 96.9 Å². The lowest BCUT2D eigenvalue weighted by Gasteiger charge is -2.05. The summed E-state index contributed by atoms with van der Waals surface area (Å²) in [6.07, 6.45) is 2.23. The van der Waals surface area contributed by atoms with Crippen LogP contribution in [0, 0.1) is 10.1 Å². The molecule has 0 saturated carbocycles. The van der Waals surface area contributed by atoms with E-state index in [4.69, 9.17) is 5.11 Å². The Balaban J connectivity index is 3.02. The van der Waals surface area contributed by atoms with Gasteiger partial charge < -0.3 is 10.4 Å². The third-order valence-corrected chi connectivity index (χ3v) is 1.93. The molecule has 1 rings (SSSR count). The third-order valence-electron chi connectivity index (χ3n) is 1.93. The topological polar surface area (TPSA) is 105 Å². The number of carboxylic acid groups (broad SMARTS) is 1. The summed E-state index contributed by atoms with van der Waals surface area (Å²) in [7, 11) is 0. The number of nitrogens with zero attached hydrogens (tertiary/aromatic N) is 2. The molecule has 0 saturated heterocycles. The van der Waals surface area contributed by atoms with E-state index in [1.165, 1.54) is 0 Å². The molecule has 0 aliphatic carbocycles. The minimum absolute atomic E-state index is 0.0447. The summed E-state index contributed by atoms with van der Waals surface area (Å²) in [6, 6.07) is 2.21. The van der Waals surface area contributed by atoms with Crippen molar-refractivity contribution in [1.29, 1.82) is 0 Å². The van der Waals surface area contributed by atoms with Gasteiger partial charge in [-0.3, -0.25) is 10.1 Å². The van der Waals surface area contributed by atoms with Crippen molar-refractivity contribution < 1.29 is 14.8 Å². The van der Waals surface area contributed by atoms with Gasteiger partial charge in [0, 0.05) is 12.6 Å². The van der Waals surface area contributed by atoms with Gasteiger partial charge in [0.25, 0.3) is 0 Å². The molecule has 0 unspecified atom stereocenters. The van der Waals surface area contributed by atoms with Crippen LogP contribution in [0.5, 0.6) is 0 Å². The molecule has 0 amide bonds. The molecule has 2 N–H and O–H groups in total. The smallest absolute Gasteiger partial charge is 0.354 e. The van der Waals surface area contributed by atoms with Gasteiger partial charge in [-0.05, 0) is 12.5 Å². The third kappa shape index (κ3) is 3.26. The van der Waals surface area contributed by atoms with Crippen molar-refractivity contribution in [1.82, 2.24) is 4.98 Å². The molecule has 0 spiro atoms. The van der Waals surface area contributed by atoms with Gasteiger partial charge in [0.1, 0.15) is 0 Å². The molecule has 0 aliphatic heterocycles. The molecule has 1 aromatic rings. The molecule has 0 aromatic carbocycles. The lowest BCUT2D eigenvalue weighted by atomic mass is 10.3. The van der Waals surface area contributed by atoms with Gasteiger partial charge in [-0.25, -0.2) is 9.78 Å². The summed E-state index contributed by atoms with van der Waals surface area (Å²) >= 11 is 0. The summed E-state index contributed by atoms with van der Waals surface area (Å²) in [5.74, 6) is -1.27. The van der Waals surface area contributed by atoms with Gasteiger partial charge in [0.05, 0.1) is 4.92 Å². The van der Waals surface area contributed by atoms with Crippen LogP contribution in [0.3, 0.4) is 0 Å². The van der Waals surface area contributed by atoms with E-state index in [0.717, 1.165) is 12.1 Å². The Kier molecular flexibility index (Phi) is 4.15. The van der Waals surface area contributed by atoms with E-state index in [9.17, 15) is 14.9 Å². The van der Waals surface area contributed by atoms with Crippen LogP contribution in [0.4, 0.5) is 11.5 Å². The first-order valence-corrected chi connectivity index (χ1v) is 4.79. The summed E-state index contributed by atoms with van der Waals surface area (Å²) in [6.45, 7) is 3.91. The van der Waals surface area contributed by atoms with E-state index in [2.05, 4.69) is 16.9 Å². The number of nitro groups is 1. The number of nitrogens with one attached hydrogen (secondary N) is 1. The Bertz CT molecular complexity index is 459. The lowest BCUT2D eigenvalue weighted by Crippen LogP contribution is -2.09. The maximum Gasteiger partial charge on any atom is 0.354 e. The molecule has 0 aliphatic rings. The SMILES string of the molecule is C=CCCNc1nc(C(=O)O)ccc1[N+](=O)[O-]. The van der Waals surface area contributed by atoms with E-state index < -0.39 is 10.9 Å². The Morgan fingerprint density at radius 1 is 1.65 bits per heavy atom. The standard InChI is InChI=1S/C10H11N3O4/c1-2-3-6-11-9-8(13(16)17)5-4-7(12-9)10(14)15/h2,4-5H,1,3,6H2,(H,11,12)(H,14,15). The van der Waals surface area contributed by atoms with E-state index in [1.807, 2.05) is 0 Å². The molecule has 0 bridgehead atoms. The zero-order valence-corrected chi connectivity index (χ0v) is 8.92. The minimum Gasteiger partial charge on any atom is -0.477 e. The summed E-state index contributed by atoms with van der Waals surface area (Å²) in [5, 5.41) is 22.1. The Morgan fingerprint density at radius 2 is 2.35 bits per heavy atom. The first kappa shape index (κ1) is 12.6. The zero-order valence-electron chi connectivity index (χ0n) is 8.92. The number of aromatic carboxylic acids is 1. The highest BCUT2D eigenvalue weighted by Crippen LogP contribution is 2.21. The molecule has 1 aromatic heterocycles. The number of aromatic nitrogens is 1. The van der Waals surface area contributed by atoms with Crippen LogP contribution in [0.15, 0.2) is 24.8 Å². The van der Waals surface area contributed by atoms with Crippen LogP contribution in [-0.4, -0.2) is 27.5 Å². The number of anilines is 1. The van der Waals surface area contributed by atoms with Gasteiger partial charge >= 0.3 is 11.7 Å². The van der Waals surface area contributed by atoms with Gasteiger partial charge in [0.15, 0.2) is 5.69 Å². The van der Waals surface area contributed by atoms with Crippen molar-refractivity contribution in [3.63, 3.8) is 0 Å². The second kappa shape index (κ2) is 5.59. The van der Waals surface area contributed by atoms with Gasteiger partial charge in [-0.1, -0.05) is 6.08 Å². The van der Waals surface area contributed by atoms with Crippen LogP contribution in [-0.2, 0) is 0 Å². The van der Waals surface area contributed by atoms with Crippen molar-refractivity contribution in [2.45, 2.75) is 6.42 Å². The number of carbonyl (C=O) groups is 1. The predicted molar refractivity (Wildman–Crippen MR) is 61.2 cm³/mol. The Morgan fingerprint density at radius 3 is 2.88 bits per heavy atom.